The lowest BCUT2D eigenvalue weighted by molar-refractivity contribution is -0.128. The molecule has 1 atom stereocenters. The van der Waals surface area contributed by atoms with E-state index < -0.39 is 16.1 Å². The molecule has 0 bridgehead atoms. The highest BCUT2D eigenvalue weighted by Gasteiger charge is 2.20. The third kappa shape index (κ3) is 5.92. The van der Waals surface area contributed by atoms with Crippen LogP contribution >= 0.6 is 0 Å². The highest BCUT2D eigenvalue weighted by molar-refractivity contribution is 7.92. The van der Waals surface area contributed by atoms with E-state index in [1.807, 2.05) is 0 Å². The Morgan fingerprint density at radius 2 is 1.72 bits per heavy atom. The first kappa shape index (κ1) is 19.6. The molecular weight excluding hydrogens is 340 g/mol. The molecule has 6 nitrogen and oxygen atoms in total. The normalized spacial score (nSPS) is 17.4. The second kappa shape index (κ2) is 8.56. The quantitative estimate of drug-likeness (QED) is 0.783. The van der Waals surface area contributed by atoms with Gasteiger partial charge >= 0.3 is 0 Å². The summed E-state index contributed by atoms with van der Waals surface area (Å²) in [5.74, 6) is 0.429. The van der Waals surface area contributed by atoms with Crippen LogP contribution in [-0.2, 0) is 14.8 Å². The van der Waals surface area contributed by atoms with Crippen molar-refractivity contribution in [3.63, 3.8) is 0 Å². The van der Waals surface area contributed by atoms with Gasteiger partial charge in [-0.2, -0.15) is 0 Å². The summed E-state index contributed by atoms with van der Waals surface area (Å²) >= 11 is 0. The number of rotatable bonds is 6. The first-order chi connectivity index (χ1) is 11.8. The molecule has 0 radical (unpaired) electrons. The van der Waals surface area contributed by atoms with Gasteiger partial charge in [0.25, 0.3) is 5.91 Å². The Morgan fingerprint density at radius 1 is 1.16 bits per heavy atom. The number of ether oxygens (including phenoxy) is 1. The molecule has 2 rings (SSSR count). The lowest BCUT2D eigenvalue weighted by Crippen LogP contribution is -2.42. The van der Waals surface area contributed by atoms with Crippen molar-refractivity contribution in [2.75, 3.05) is 17.6 Å². The van der Waals surface area contributed by atoms with E-state index >= 15 is 0 Å². The molecular formula is C18H28N2O4S. The lowest BCUT2D eigenvalue weighted by atomic mass is 10.1. The second-order valence-corrected chi connectivity index (χ2v) is 8.70. The molecule has 1 amide bonds. The predicted molar refractivity (Wildman–Crippen MR) is 99.4 cm³/mol. The average molecular weight is 368 g/mol. The van der Waals surface area contributed by atoms with E-state index in [2.05, 4.69) is 5.32 Å². The topological polar surface area (TPSA) is 75.7 Å². The summed E-state index contributed by atoms with van der Waals surface area (Å²) < 4.78 is 30.0. The van der Waals surface area contributed by atoms with Gasteiger partial charge in [-0.25, -0.2) is 8.42 Å². The van der Waals surface area contributed by atoms with Crippen molar-refractivity contribution in [3.8, 4) is 5.75 Å². The van der Waals surface area contributed by atoms with E-state index in [9.17, 15) is 13.2 Å². The zero-order valence-corrected chi connectivity index (χ0v) is 16.0. The van der Waals surface area contributed by atoms with Crippen molar-refractivity contribution in [2.45, 2.75) is 57.6 Å². The molecule has 1 aromatic carbocycles. The van der Waals surface area contributed by atoms with Gasteiger partial charge in [0.2, 0.25) is 10.0 Å². The maximum Gasteiger partial charge on any atom is 0.260 e. The van der Waals surface area contributed by atoms with E-state index in [4.69, 9.17) is 4.74 Å². The average Bonchev–Trinajstić information content (AvgIpc) is 2.82. The van der Waals surface area contributed by atoms with E-state index in [-0.39, 0.29) is 11.9 Å². The standard InChI is InChI=1S/C18H28N2O4S/c1-14(18(21)19-15-8-6-4-5-7-9-15)24-17-12-10-16(11-13-17)20(2)25(3,22)23/h10-15H,4-9H2,1-3H3,(H,19,21). The molecule has 1 N–H and O–H groups in total. The largest absolute Gasteiger partial charge is 0.481 e. The fourth-order valence-electron chi connectivity index (χ4n) is 2.93. The number of sulfonamides is 1. The van der Waals surface area contributed by atoms with Crippen LogP contribution in [0.3, 0.4) is 0 Å². The van der Waals surface area contributed by atoms with Crippen LogP contribution in [0.25, 0.3) is 0 Å². The van der Waals surface area contributed by atoms with Crippen molar-refractivity contribution in [3.05, 3.63) is 24.3 Å². The number of amides is 1. The van der Waals surface area contributed by atoms with Crippen LogP contribution in [0.4, 0.5) is 5.69 Å². The van der Waals surface area contributed by atoms with E-state index in [1.54, 1.807) is 31.2 Å². The minimum absolute atomic E-state index is 0.107. The summed E-state index contributed by atoms with van der Waals surface area (Å²) in [7, 11) is -1.80. The first-order valence-corrected chi connectivity index (χ1v) is 10.6. The Balaban J connectivity index is 1.91. The number of hydrogen-bond donors (Lipinski definition) is 1. The predicted octanol–water partition coefficient (Wildman–Crippen LogP) is 2.69. The summed E-state index contributed by atoms with van der Waals surface area (Å²) in [6, 6.07) is 6.91. The van der Waals surface area contributed by atoms with Crippen LogP contribution in [0, 0.1) is 0 Å². The molecule has 0 saturated heterocycles. The summed E-state index contributed by atoms with van der Waals surface area (Å²) in [5.41, 5.74) is 0.547. The van der Waals surface area contributed by atoms with Crippen molar-refractivity contribution in [2.24, 2.45) is 0 Å². The van der Waals surface area contributed by atoms with Gasteiger partial charge in [0.1, 0.15) is 5.75 Å². The Labute approximate surface area is 150 Å². The molecule has 0 aromatic heterocycles. The lowest BCUT2D eigenvalue weighted by Gasteiger charge is -2.21. The van der Waals surface area contributed by atoms with E-state index in [0.717, 1.165) is 31.9 Å². The number of benzene rings is 1. The maximum atomic E-state index is 12.3. The summed E-state index contributed by atoms with van der Waals surface area (Å²) in [6.45, 7) is 1.72. The smallest absolute Gasteiger partial charge is 0.260 e. The van der Waals surface area contributed by atoms with E-state index in [1.165, 1.54) is 24.2 Å². The van der Waals surface area contributed by atoms with Gasteiger partial charge in [-0.15, -0.1) is 0 Å². The molecule has 0 heterocycles. The van der Waals surface area contributed by atoms with Gasteiger partial charge in [-0.05, 0) is 44.0 Å². The third-order valence-electron chi connectivity index (χ3n) is 4.58. The highest BCUT2D eigenvalue weighted by Crippen LogP contribution is 2.21. The van der Waals surface area contributed by atoms with Crippen LogP contribution in [0.15, 0.2) is 24.3 Å². The molecule has 7 heteroatoms. The highest BCUT2D eigenvalue weighted by atomic mass is 32.2. The van der Waals surface area contributed by atoms with Crippen molar-refractivity contribution in [1.82, 2.24) is 5.32 Å². The number of nitrogens with zero attached hydrogens (tertiary/aromatic N) is 1. The molecule has 140 valence electrons. The second-order valence-electron chi connectivity index (χ2n) is 6.68. The van der Waals surface area contributed by atoms with Crippen molar-refractivity contribution >= 4 is 21.6 Å². The molecule has 0 aliphatic heterocycles. The Hall–Kier alpha value is -1.76. The van der Waals surface area contributed by atoms with Crippen molar-refractivity contribution in [1.29, 1.82) is 0 Å². The SMILES string of the molecule is CC(Oc1ccc(N(C)S(C)(=O)=O)cc1)C(=O)NC1CCCCCC1. The van der Waals surface area contributed by atoms with Gasteiger partial charge in [0.05, 0.1) is 11.9 Å². The van der Waals surface area contributed by atoms with Gasteiger partial charge < -0.3 is 10.1 Å². The molecule has 1 saturated carbocycles. The Morgan fingerprint density at radius 3 is 2.24 bits per heavy atom. The number of carbonyl (C=O) groups is 1. The van der Waals surface area contributed by atoms with E-state index in [0.29, 0.717) is 11.4 Å². The molecule has 1 aromatic rings. The van der Waals surface area contributed by atoms with Crippen LogP contribution < -0.4 is 14.4 Å². The minimum atomic E-state index is -3.30. The Kier molecular flexibility index (Phi) is 6.70. The number of hydrogen-bond acceptors (Lipinski definition) is 4. The number of carbonyl (C=O) groups excluding carboxylic acids is 1. The molecule has 25 heavy (non-hydrogen) atoms. The van der Waals surface area contributed by atoms with Gasteiger partial charge in [0, 0.05) is 13.1 Å². The fourth-order valence-corrected chi connectivity index (χ4v) is 3.43. The summed E-state index contributed by atoms with van der Waals surface area (Å²) in [4.78, 5) is 12.3. The van der Waals surface area contributed by atoms with Gasteiger partial charge in [-0.3, -0.25) is 9.10 Å². The third-order valence-corrected chi connectivity index (χ3v) is 5.79. The molecule has 1 aliphatic carbocycles. The van der Waals surface area contributed by atoms with Gasteiger partial charge in [0.15, 0.2) is 6.10 Å². The first-order valence-electron chi connectivity index (χ1n) is 8.78. The minimum Gasteiger partial charge on any atom is -0.481 e. The monoisotopic (exact) mass is 368 g/mol. The number of anilines is 1. The fraction of sp³-hybridized carbons (Fsp3) is 0.611. The van der Waals surface area contributed by atoms with Gasteiger partial charge in [-0.1, -0.05) is 25.7 Å². The summed E-state index contributed by atoms with van der Waals surface area (Å²) in [6.07, 6.45) is 7.43. The van der Waals surface area contributed by atoms with Crippen molar-refractivity contribution < 1.29 is 17.9 Å². The molecule has 0 spiro atoms. The Bertz CT molecular complexity index is 665. The molecule has 1 fully saturated rings. The van der Waals surface area contributed by atoms with Crippen LogP contribution in [0.5, 0.6) is 5.75 Å². The zero-order chi connectivity index (χ0) is 18.4. The van der Waals surface area contributed by atoms with Crippen LogP contribution in [0.2, 0.25) is 0 Å². The number of nitrogens with one attached hydrogen (secondary N) is 1. The summed E-state index contributed by atoms with van der Waals surface area (Å²) in [5, 5.41) is 3.08. The zero-order valence-electron chi connectivity index (χ0n) is 15.2. The maximum absolute atomic E-state index is 12.3. The molecule has 1 unspecified atom stereocenters. The van der Waals surface area contributed by atoms with Crippen LogP contribution in [-0.4, -0.2) is 39.8 Å². The van der Waals surface area contributed by atoms with Crippen LogP contribution in [0.1, 0.15) is 45.4 Å². The molecule has 1 aliphatic rings.